The third kappa shape index (κ3) is 2.34. The standard InChI is InChI=1S/C9H6ClN3O2S/c10-8-5-7(13(14)15)1-2-9(8)16-12-4-3-11-6-12/h1-6H. The van der Waals surface area contributed by atoms with Gasteiger partial charge in [-0.3, -0.25) is 14.1 Å². The molecule has 0 fully saturated rings. The SMILES string of the molecule is O=[N+]([O-])c1ccc(Sn2ccnc2)c(Cl)c1. The minimum absolute atomic E-state index is 0.0139. The zero-order valence-electron chi connectivity index (χ0n) is 7.91. The van der Waals surface area contributed by atoms with Gasteiger partial charge in [0.2, 0.25) is 0 Å². The van der Waals surface area contributed by atoms with Gasteiger partial charge in [-0.2, -0.15) is 0 Å². The molecule has 0 aliphatic carbocycles. The van der Waals surface area contributed by atoms with E-state index >= 15 is 0 Å². The number of non-ortho nitro benzene ring substituents is 1. The summed E-state index contributed by atoms with van der Waals surface area (Å²) in [7, 11) is 0. The Kier molecular flexibility index (Phi) is 3.12. The lowest BCUT2D eigenvalue weighted by Crippen LogP contribution is -1.89. The first-order valence-corrected chi connectivity index (χ1v) is 5.42. The van der Waals surface area contributed by atoms with Gasteiger partial charge in [0.15, 0.2) is 0 Å². The average Bonchev–Trinajstić information content (AvgIpc) is 2.73. The van der Waals surface area contributed by atoms with Gasteiger partial charge in [-0.15, -0.1) is 0 Å². The Morgan fingerprint density at radius 2 is 2.31 bits per heavy atom. The van der Waals surface area contributed by atoms with E-state index in [1.807, 2.05) is 0 Å². The van der Waals surface area contributed by atoms with Gasteiger partial charge >= 0.3 is 0 Å². The largest absolute Gasteiger partial charge is 0.276 e. The van der Waals surface area contributed by atoms with E-state index in [1.54, 1.807) is 28.8 Å². The molecule has 7 heteroatoms. The summed E-state index contributed by atoms with van der Waals surface area (Å²) >= 11 is 7.27. The summed E-state index contributed by atoms with van der Waals surface area (Å²) < 4.78 is 1.76. The first-order chi connectivity index (χ1) is 7.66. The van der Waals surface area contributed by atoms with Crippen molar-refractivity contribution >= 4 is 29.2 Å². The number of imidazole rings is 1. The fourth-order valence-electron chi connectivity index (χ4n) is 1.09. The van der Waals surface area contributed by atoms with Gasteiger partial charge in [0.25, 0.3) is 5.69 Å². The molecule has 5 nitrogen and oxygen atoms in total. The molecule has 0 N–H and O–H groups in total. The zero-order chi connectivity index (χ0) is 11.5. The Bertz CT molecular complexity index is 515. The second-order valence-corrected chi connectivity index (χ2v) is 4.34. The van der Waals surface area contributed by atoms with Crippen LogP contribution in [-0.2, 0) is 0 Å². The first kappa shape index (κ1) is 11.0. The summed E-state index contributed by atoms with van der Waals surface area (Å²) in [6.07, 6.45) is 5.04. The summed E-state index contributed by atoms with van der Waals surface area (Å²) in [4.78, 5) is 14.7. The lowest BCUT2D eigenvalue weighted by atomic mass is 10.3. The molecular weight excluding hydrogens is 250 g/mol. The van der Waals surface area contributed by atoms with Crippen molar-refractivity contribution in [2.24, 2.45) is 0 Å². The lowest BCUT2D eigenvalue weighted by Gasteiger charge is -2.03. The van der Waals surface area contributed by atoms with Crippen molar-refractivity contribution in [3.05, 3.63) is 52.1 Å². The molecule has 0 atom stereocenters. The Morgan fingerprint density at radius 1 is 1.50 bits per heavy atom. The van der Waals surface area contributed by atoms with Crippen LogP contribution in [0.5, 0.6) is 0 Å². The molecule has 0 radical (unpaired) electrons. The second-order valence-electron chi connectivity index (χ2n) is 2.89. The summed E-state index contributed by atoms with van der Waals surface area (Å²) in [5.41, 5.74) is -0.0139. The highest BCUT2D eigenvalue weighted by atomic mass is 35.5. The van der Waals surface area contributed by atoms with Crippen LogP contribution in [0.15, 0.2) is 41.8 Å². The fraction of sp³-hybridized carbons (Fsp3) is 0. The number of hydrogen-bond donors (Lipinski definition) is 0. The third-order valence-electron chi connectivity index (χ3n) is 1.81. The normalized spacial score (nSPS) is 10.3. The molecule has 82 valence electrons. The molecule has 2 aromatic rings. The fourth-order valence-corrected chi connectivity index (χ4v) is 2.09. The number of nitrogens with zero attached hydrogens (tertiary/aromatic N) is 3. The van der Waals surface area contributed by atoms with E-state index in [0.717, 1.165) is 4.90 Å². The summed E-state index contributed by atoms with van der Waals surface area (Å²) in [5, 5.41) is 10.9. The van der Waals surface area contributed by atoms with Crippen LogP contribution in [0.2, 0.25) is 5.02 Å². The molecular formula is C9H6ClN3O2S. The van der Waals surface area contributed by atoms with E-state index in [9.17, 15) is 10.1 Å². The van der Waals surface area contributed by atoms with E-state index in [2.05, 4.69) is 4.98 Å². The molecule has 0 aliphatic rings. The molecule has 0 aliphatic heterocycles. The Balaban J connectivity index is 2.26. The van der Waals surface area contributed by atoms with Crippen LogP contribution < -0.4 is 0 Å². The van der Waals surface area contributed by atoms with Crippen LogP contribution >= 0.6 is 23.5 Å². The highest BCUT2D eigenvalue weighted by Gasteiger charge is 2.10. The predicted molar refractivity (Wildman–Crippen MR) is 61.6 cm³/mol. The van der Waals surface area contributed by atoms with E-state index < -0.39 is 4.92 Å². The Hall–Kier alpha value is -1.53. The highest BCUT2D eigenvalue weighted by Crippen LogP contribution is 2.30. The van der Waals surface area contributed by atoms with Crippen LogP contribution in [-0.4, -0.2) is 13.9 Å². The molecule has 0 saturated heterocycles. The van der Waals surface area contributed by atoms with Crippen molar-refractivity contribution in [3.63, 3.8) is 0 Å². The van der Waals surface area contributed by atoms with Crippen molar-refractivity contribution in [1.29, 1.82) is 0 Å². The molecule has 1 heterocycles. The van der Waals surface area contributed by atoms with Gasteiger partial charge in [0.05, 0.1) is 9.95 Å². The summed E-state index contributed by atoms with van der Waals surface area (Å²) in [6.45, 7) is 0. The maximum atomic E-state index is 10.5. The molecule has 1 aromatic carbocycles. The smallest absolute Gasteiger partial charge is 0.270 e. The van der Waals surface area contributed by atoms with Crippen LogP contribution in [0.4, 0.5) is 5.69 Å². The molecule has 0 unspecified atom stereocenters. The molecule has 0 amide bonds. The lowest BCUT2D eigenvalue weighted by molar-refractivity contribution is -0.384. The Labute approximate surface area is 100 Å². The van der Waals surface area contributed by atoms with Crippen molar-refractivity contribution in [2.75, 3.05) is 0 Å². The molecule has 0 spiro atoms. The number of rotatable bonds is 3. The number of aromatic nitrogens is 2. The van der Waals surface area contributed by atoms with Crippen LogP contribution in [0.3, 0.4) is 0 Å². The summed E-state index contributed by atoms with van der Waals surface area (Å²) in [5.74, 6) is 0. The number of benzene rings is 1. The topological polar surface area (TPSA) is 61.0 Å². The van der Waals surface area contributed by atoms with Gasteiger partial charge in [-0.05, 0) is 18.0 Å². The van der Waals surface area contributed by atoms with Gasteiger partial charge in [0.1, 0.15) is 6.33 Å². The van der Waals surface area contributed by atoms with E-state index in [0.29, 0.717) is 5.02 Å². The molecule has 0 bridgehead atoms. The number of halogens is 1. The van der Waals surface area contributed by atoms with Crippen molar-refractivity contribution in [3.8, 4) is 0 Å². The second kappa shape index (κ2) is 4.54. The van der Waals surface area contributed by atoms with Crippen molar-refractivity contribution < 1.29 is 4.92 Å². The van der Waals surface area contributed by atoms with Gasteiger partial charge in [-0.25, -0.2) is 4.98 Å². The third-order valence-corrected chi connectivity index (χ3v) is 3.21. The van der Waals surface area contributed by atoms with Crippen LogP contribution in [0.25, 0.3) is 0 Å². The molecule has 0 saturated carbocycles. The first-order valence-electron chi connectivity index (χ1n) is 4.27. The van der Waals surface area contributed by atoms with Crippen molar-refractivity contribution in [1.82, 2.24) is 8.96 Å². The Morgan fingerprint density at radius 3 is 2.88 bits per heavy atom. The van der Waals surface area contributed by atoms with Gasteiger partial charge in [0, 0.05) is 29.4 Å². The average molecular weight is 256 g/mol. The minimum atomic E-state index is -0.475. The minimum Gasteiger partial charge on any atom is -0.276 e. The van der Waals surface area contributed by atoms with Crippen molar-refractivity contribution in [2.45, 2.75) is 4.90 Å². The van der Waals surface area contributed by atoms with Gasteiger partial charge in [-0.1, -0.05) is 11.6 Å². The zero-order valence-corrected chi connectivity index (χ0v) is 9.48. The highest BCUT2D eigenvalue weighted by molar-refractivity contribution is 7.98. The number of nitro benzene ring substituents is 1. The van der Waals surface area contributed by atoms with Crippen LogP contribution in [0, 0.1) is 10.1 Å². The quantitative estimate of drug-likeness (QED) is 0.625. The molecule has 16 heavy (non-hydrogen) atoms. The van der Waals surface area contributed by atoms with Crippen LogP contribution in [0.1, 0.15) is 0 Å². The number of nitro groups is 1. The molecule has 1 aromatic heterocycles. The maximum absolute atomic E-state index is 10.5. The molecule has 2 rings (SSSR count). The van der Waals surface area contributed by atoms with Gasteiger partial charge < -0.3 is 0 Å². The monoisotopic (exact) mass is 255 g/mol. The predicted octanol–water partition coefficient (Wildman–Crippen LogP) is 3.00. The number of hydrogen-bond acceptors (Lipinski definition) is 4. The van der Waals surface area contributed by atoms with E-state index in [-0.39, 0.29) is 5.69 Å². The maximum Gasteiger partial charge on any atom is 0.270 e. The van der Waals surface area contributed by atoms with E-state index in [1.165, 1.54) is 24.1 Å². The van der Waals surface area contributed by atoms with E-state index in [4.69, 9.17) is 11.6 Å². The summed E-state index contributed by atoms with van der Waals surface area (Å²) in [6, 6.07) is 4.37.